The molecule has 0 fully saturated rings. The maximum absolute atomic E-state index is 2.44. The smallest absolute Gasteiger partial charge is 0.0542 e. The van der Waals surface area contributed by atoms with Crippen LogP contribution in [-0.2, 0) is 12.8 Å². The Morgan fingerprint density at radius 2 is 0.673 bits per heavy atom. The molecule has 0 radical (unpaired) electrons. The van der Waals surface area contributed by atoms with Crippen LogP contribution < -0.4 is 0 Å². The Hall–Kier alpha value is -6.06. The molecule has 7 aromatic carbocycles. The van der Waals surface area contributed by atoms with E-state index in [1.54, 1.807) is 0 Å². The van der Waals surface area contributed by atoms with Gasteiger partial charge in [0.2, 0.25) is 0 Å². The van der Waals surface area contributed by atoms with Gasteiger partial charge in [-0.15, -0.1) is 0 Å². The second kappa shape index (κ2) is 10.7. The average Bonchev–Trinajstić information content (AvgIpc) is 3.79. The molecule has 0 aliphatic heterocycles. The predicted octanol–water partition coefficient (Wildman–Crippen LogP) is 12.1. The SMILES string of the molecule is CCc1ccc2c(c1)c1ccccc1n2-c1ccc2c(c1)c1cc(-n3c4ccccc4c4cc(CC)ccc43)ccc1n2-c1ccccc1. The summed E-state index contributed by atoms with van der Waals surface area (Å²) in [5, 5.41) is 7.67. The van der Waals surface area contributed by atoms with Crippen molar-refractivity contribution in [3.8, 4) is 17.1 Å². The number of hydrogen-bond donors (Lipinski definition) is 0. The van der Waals surface area contributed by atoms with E-state index >= 15 is 0 Å². The Bertz CT molecular complexity index is 2720. The van der Waals surface area contributed by atoms with Gasteiger partial charge < -0.3 is 13.7 Å². The van der Waals surface area contributed by atoms with Crippen molar-refractivity contribution in [2.45, 2.75) is 26.7 Å². The average molecular weight is 630 g/mol. The minimum atomic E-state index is 1.02. The zero-order chi connectivity index (χ0) is 32.6. The van der Waals surface area contributed by atoms with Crippen LogP contribution in [0.5, 0.6) is 0 Å². The van der Waals surface area contributed by atoms with E-state index in [-0.39, 0.29) is 0 Å². The minimum Gasteiger partial charge on any atom is -0.309 e. The molecule has 0 aliphatic carbocycles. The third kappa shape index (κ3) is 4.09. The molecule has 3 aromatic heterocycles. The van der Waals surface area contributed by atoms with Crippen LogP contribution in [0.4, 0.5) is 0 Å². The lowest BCUT2D eigenvalue weighted by molar-refractivity contribution is 1.14. The highest BCUT2D eigenvalue weighted by molar-refractivity contribution is 6.14. The van der Waals surface area contributed by atoms with Crippen LogP contribution in [0.2, 0.25) is 0 Å². The molecule has 0 amide bonds. The first kappa shape index (κ1) is 28.0. The summed E-state index contributed by atoms with van der Waals surface area (Å²) in [7, 11) is 0. The van der Waals surface area contributed by atoms with Gasteiger partial charge in [0, 0.05) is 49.4 Å². The van der Waals surface area contributed by atoms with E-state index < -0.39 is 0 Å². The number of benzene rings is 7. The van der Waals surface area contributed by atoms with Crippen LogP contribution in [0.1, 0.15) is 25.0 Å². The molecular formula is C46H35N3. The highest BCUT2D eigenvalue weighted by atomic mass is 15.0. The molecule has 3 heteroatoms. The summed E-state index contributed by atoms with van der Waals surface area (Å²) in [6.07, 6.45) is 2.04. The lowest BCUT2D eigenvalue weighted by Crippen LogP contribution is -1.96. The Morgan fingerprint density at radius 1 is 0.306 bits per heavy atom. The Labute approximate surface area is 284 Å². The topological polar surface area (TPSA) is 14.8 Å². The maximum Gasteiger partial charge on any atom is 0.0542 e. The number of rotatable bonds is 5. The molecule has 0 atom stereocenters. The van der Waals surface area contributed by atoms with Crippen molar-refractivity contribution in [2.75, 3.05) is 0 Å². The summed E-state index contributed by atoms with van der Waals surface area (Å²) < 4.78 is 7.30. The third-order valence-corrected chi connectivity index (χ3v) is 10.6. The first-order valence-corrected chi connectivity index (χ1v) is 17.4. The van der Waals surface area contributed by atoms with Crippen molar-refractivity contribution in [3.63, 3.8) is 0 Å². The number of fused-ring (bicyclic) bond motifs is 9. The molecular weight excluding hydrogens is 595 g/mol. The molecule has 0 aliphatic rings. The number of nitrogens with zero attached hydrogens (tertiary/aromatic N) is 3. The highest BCUT2D eigenvalue weighted by Gasteiger charge is 2.19. The van der Waals surface area contributed by atoms with E-state index in [4.69, 9.17) is 0 Å². The summed E-state index contributed by atoms with van der Waals surface area (Å²) in [4.78, 5) is 0. The van der Waals surface area contributed by atoms with Gasteiger partial charge in [-0.2, -0.15) is 0 Å². The van der Waals surface area contributed by atoms with Crippen molar-refractivity contribution in [3.05, 3.63) is 163 Å². The van der Waals surface area contributed by atoms with Gasteiger partial charge in [-0.1, -0.05) is 80.6 Å². The Morgan fingerprint density at radius 3 is 1.14 bits per heavy atom. The first-order chi connectivity index (χ1) is 24.2. The highest BCUT2D eigenvalue weighted by Crippen LogP contribution is 2.39. The van der Waals surface area contributed by atoms with Crippen LogP contribution in [-0.4, -0.2) is 13.7 Å². The zero-order valence-electron chi connectivity index (χ0n) is 27.7. The van der Waals surface area contributed by atoms with Gasteiger partial charge in [0.15, 0.2) is 0 Å². The van der Waals surface area contributed by atoms with Crippen LogP contribution in [0.15, 0.2) is 152 Å². The molecule has 0 unspecified atom stereocenters. The summed E-state index contributed by atoms with van der Waals surface area (Å²) in [6, 6.07) is 56.3. The summed E-state index contributed by atoms with van der Waals surface area (Å²) in [5.74, 6) is 0. The van der Waals surface area contributed by atoms with E-state index in [2.05, 4.69) is 179 Å². The van der Waals surface area contributed by atoms with Crippen molar-refractivity contribution >= 4 is 65.4 Å². The molecule has 0 N–H and O–H groups in total. The normalized spacial score (nSPS) is 12.0. The standard InChI is InChI=1S/C46H35N3/c1-3-30-18-22-43-37(26-30)35-14-8-10-16-41(35)48(43)33-20-24-45-39(28-33)40-29-34(21-25-46(40)47(45)32-12-6-5-7-13-32)49-42-17-11-9-15-36(42)38-27-31(4-2)19-23-44(38)49/h5-29H,3-4H2,1-2H3. The summed E-state index contributed by atoms with van der Waals surface area (Å²) in [6.45, 7) is 4.46. The van der Waals surface area contributed by atoms with Crippen molar-refractivity contribution in [1.29, 1.82) is 0 Å². The molecule has 3 nitrogen and oxygen atoms in total. The van der Waals surface area contributed by atoms with Crippen LogP contribution in [0, 0.1) is 0 Å². The van der Waals surface area contributed by atoms with Crippen molar-refractivity contribution in [1.82, 2.24) is 13.7 Å². The fourth-order valence-corrected chi connectivity index (χ4v) is 8.17. The quantitative estimate of drug-likeness (QED) is 0.180. The minimum absolute atomic E-state index is 1.02. The largest absolute Gasteiger partial charge is 0.309 e. The third-order valence-electron chi connectivity index (χ3n) is 10.6. The Balaban J connectivity index is 1.28. The molecule has 3 heterocycles. The lowest BCUT2D eigenvalue weighted by Gasteiger charge is -2.10. The van der Waals surface area contributed by atoms with Gasteiger partial charge >= 0.3 is 0 Å². The summed E-state index contributed by atoms with van der Waals surface area (Å²) >= 11 is 0. The molecule has 0 bridgehead atoms. The first-order valence-electron chi connectivity index (χ1n) is 17.4. The van der Waals surface area contributed by atoms with Crippen molar-refractivity contribution < 1.29 is 0 Å². The molecule has 0 saturated carbocycles. The number of aromatic nitrogens is 3. The predicted molar refractivity (Wildman–Crippen MR) is 208 cm³/mol. The van der Waals surface area contributed by atoms with Gasteiger partial charge in [0.25, 0.3) is 0 Å². The fourth-order valence-electron chi connectivity index (χ4n) is 8.17. The molecule has 0 saturated heterocycles. The maximum atomic E-state index is 2.44. The number of hydrogen-bond acceptors (Lipinski definition) is 0. The zero-order valence-corrected chi connectivity index (χ0v) is 27.7. The van der Waals surface area contributed by atoms with E-state index in [1.165, 1.54) is 87.9 Å². The Kier molecular flexibility index (Phi) is 6.13. The van der Waals surface area contributed by atoms with Crippen LogP contribution in [0.25, 0.3) is 82.5 Å². The van der Waals surface area contributed by atoms with E-state index in [0.29, 0.717) is 0 Å². The second-order valence-electron chi connectivity index (χ2n) is 13.2. The fraction of sp³-hybridized carbons (Fsp3) is 0.0870. The van der Waals surface area contributed by atoms with E-state index in [1.807, 2.05) is 0 Å². The monoisotopic (exact) mass is 629 g/mol. The van der Waals surface area contributed by atoms with Gasteiger partial charge in [0.1, 0.15) is 0 Å². The molecule has 10 aromatic rings. The van der Waals surface area contributed by atoms with E-state index in [9.17, 15) is 0 Å². The van der Waals surface area contributed by atoms with Gasteiger partial charge in [-0.3, -0.25) is 0 Å². The van der Waals surface area contributed by atoms with Crippen LogP contribution in [0.3, 0.4) is 0 Å². The number of para-hydroxylation sites is 3. The van der Waals surface area contributed by atoms with Crippen molar-refractivity contribution in [2.24, 2.45) is 0 Å². The molecule has 10 rings (SSSR count). The molecule has 49 heavy (non-hydrogen) atoms. The van der Waals surface area contributed by atoms with E-state index in [0.717, 1.165) is 18.5 Å². The molecule has 0 spiro atoms. The molecule has 234 valence electrons. The lowest BCUT2D eigenvalue weighted by atomic mass is 10.1. The number of aryl methyl sites for hydroxylation is 2. The second-order valence-corrected chi connectivity index (χ2v) is 13.2. The van der Waals surface area contributed by atoms with Gasteiger partial charge in [-0.25, -0.2) is 0 Å². The summed E-state index contributed by atoms with van der Waals surface area (Å²) in [5.41, 5.74) is 13.6. The van der Waals surface area contributed by atoms with Gasteiger partial charge in [0.05, 0.1) is 33.1 Å². The van der Waals surface area contributed by atoms with Gasteiger partial charge in [-0.05, 0) is 109 Å². The van der Waals surface area contributed by atoms with Crippen LogP contribution >= 0.6 is 0 Å².